The molecule has 3 N–H and O–H groups in total. The van der Waals surface area contributed by atoms with Gasteiger partial charge in [0.15, 0.2) is 0 Å². The van der Waals surface area contributed by atoms with Crippen LogP contribution in [-0.4, -0.2) is 83.2 Å². The number of carboxylic acids is 2. The number of hydrogen-bond donors (Lipinski definition) is 3. The van der Waals surface area contributed by atoms with Gasteiger partial charge in [0.25, 0.3) is 0 Å². The van der Waals surface area contributed by atoms with Crippen molar-refractivity contribution < 1.29 is 64.8 Å². The van der Waals surface area contributed by atoms with Crippen LogP contribution in [0.3, 0.4) is 0 Å². The fourth-order valence-electron chi connectivity index (χ4n) is 5.66. The molecule has 6 aromatic rings. The number of methoxy groups -OCH3 is 2. The van der Waals surface area contributed by atoms with E-state index in [0.717, 1.165) is 56.0 Å². The van der Waals surface area contributed by atoms with Crippen molar-refractivity contribution in [2.24, 2.45) is 0 Å². The van der Waals surface area contributed by atoms with Crippen molar-refractivity contribution in [2.75, 3.05) is 46.3 Å². The van der Waals surface area contributed by atoms with E-state index in [4.69, 9.17) is 44.2 Å². The third-order valence-corrected chi connectivity index (χ3v) is 8.78. The van der Waals surface area contributed by atoms with Crippen LogP contribution < -0.4 is 19.7 Å². The zero-order chi connectivity index (χ0) is 43.3. The zero-order valence-electron chi connectivity index (χ0n) is 34.0. The predicted molar refractivity (Wildman–Crippen MR) is 231 cm³/mol. The third-order valence-electron chi connectivity index (χ3n) is 8.30. The number of halogens is 3. The van der Waals surface area contributed by atoms with Gasteiger partial charge in [-0.15, -0.1) is 0 Å². The minimum atomic E-state index is -0.889. The van der Waals surface area contributed by atoms with Gasteiger partial charge in [-0.1, -0.05) is 71.7 Å². The van der Waals surface area contributed by atoms with Crippen LogP contribution >= 0.6 is 23.2 Å². The number of nitrogens with one attached hydrogen (secondary N) is 1. The maximum absolute atomic E-state index is 12.9. The van der Waals surface area contributed by atoms with E-state index in [-0.39, 0.29) is 44.2 Å². The van der Waals surface area contributed by atoms with Crippen molar-refractivity contribution in [1.82, 2.24) is 15.3 Å². The third kappa shape index (κ3) is 16.4. The Balaban J connectivity index is 0.000000350. The van der Waals surface area contributed by atoms with E-state index >= 15 is 0 Å². The molecule has 0 bridgehead atoms. The van der Waals surface area contributed by atoms with E-state index in [1.807, 2.05) is 84.9 Å². The number of likely N-dealkylation sites (N-methyl/N-ethyl adjacent to an activating group) is 2. The number of hydrogen-bond acceptors (Lipinski definition) is 8. The van der Waals surface area contributed by atoms with Gasteiger partial charge in [-0.25, -0.2) is 9.97 Å². The number of ether oxygens (including phenoxy) is 2. The number of carboxylic acid groups (broad SMARTS) is 2. The van der Waals surface area contributed by atoms with Gasteiger partial charge < -0.3 is 29.9 Å². The number of pyridine rings is 2. The van der Waals surface area contributed by atoms with Crippen LogP contribution in [0.15, 0.2) is 122 Å². The van der Waals surface area contributed by atoms with Crippen LogP contribution in [-0.2, 0) is 22.4 Å². The summed E-state index contributed by atoms with van der Waals surface area (Å²) in [5.41, 5.74) is 8.14. The Labute approximate surface area is 381 Å². The molecule has 2 heterocycles. The zero-order valence-corrected chi connectivity index (χ0v) is 38.6. The summed E-state index contributed by atoms with van der Waals surface area (Å²) in [6, 6.07) is 34.3. The minimum absolute atomic E-state index is 0. The summed E-state index contributed by atoms with van der Waals surface area (Å²) in [7, 11) is 10.3. The molecule has 0 atom stereocenters. The van der Waals surface area contributed by atoms with Crippen molar-refractivity contribution in [2.45, 2.75) is 12.8 Å². The van der Waals surface area contributed by atoms with Crippen LogP contribution in [0.25, 0.3) is 22.3 Å². The van der Waals surface area contributed by atoms with Gasteiger partial charge in [0.2, 0.25) is 5.95 Å². The Morgan fingerprint density at radius 2 is 1.20 bits per heavy atom. The first-order valence-electron chi connectivity index (χ1n) is 18.2. The van der Waals surface area contributed by atoms with Gasteiger partial charge in [0, 0.05) is 80.1 Å². The summed E-state index contributed by atoms with van der Waals surface area (Å²) >= 11 is 12.2. The smallest absolute Gasteiger partial charge is 0.323 e. The Bertz CT molecular complexity index is 2260. The molecule has 0 fully saturated rings. The summed E-state index contributed by atoms with van der Waals surface area (Å²) < 4.78 is 29.1. The van der Waals surface area contributed by atoms with E-state index in [1.165, 1.54) is 6.07 Å². The number of nitrogens with zero attached hydrogens (tertiary/aromatic N) is 3. The second-order valence-corrected chi connectivity index (χ2v) is 13.5. The average Bonchev–Trinajstić information content (AvgIpc) is 3.23. The Morgan fingerprint density at radius 3 is 1.56 bits per heavy atom. The van der Waals surface area contributed by atoms with Gasteiger partial charge in [-0.05, 0) is 115 Å². The number of rotatable bonds is 13. The topological polar surface area (TPSA) is 134 Å². The van der Waals surface area contributed by atoms with Gasteiger partial charge in [0.05, 0.1) is 20.8 Å². The van der Waals surface area contributed by atoms with Gasteiger partial charge >= 0.3 is 11.9 Å². The van der Waals surface area contributed by atoms with Crippen molar-refractivity contribution in [3.05, 3.63) is 160 Å². The predicted octanol–water partition coefficient (Wildman–Crippen LogP) is 8.30. The van der Waals surface area contributed by atoms with Crippen molar-refractivity contribution in [3.8, 4) is 33.8 Å². The maximum atomic E-state index is 12.9. The molecule has 2 aromatic heterocycles. The normalized spacial score (nSPS) is 10.1. The largest absolute Gasteiger partial charge is 0.496 e. The molecule has 0 aliphatic heterocycles. The van der Waals surface area contributed by atoms with E-state index in [1.54, 1.807) is 51.7 Å². The Hall–Kier alpha value is -4.89. The van der Waals surface area contributed by atoms with Crippen LogP contribution in [0.1, 0.15) is 22.3 Å². The SMILES string of the molecule is CNCC(=O)O.COc1ccc(Cc2ccc(F)nc2)cc1-c1cccc(Cl)c1.COc1ccc(Cc2ccc(N(C)CC(=O)O)nc2)cc1-c1cccc(Cl)c1.[2H][B].[U]. The molecule has 0 amide bonds. The fourth-order valence-corrected chi connectivity index (χ4v) is 6.04. The fraction of sp³-hybridized carbons (Fsp3) is 0.182. The van der Waals surface area contributed by atoms with Crippen LogP contribution in [0.4, 0.5) is 10.2 Å². The molecule has 0 aliphatic carbocycles. The molecule has 0 spiro atoms. The summed E-state index contributed by atoms with van der Waals surface area (Å²) in [6.07, 6.45) is 4.70. The molecule has 0 unspecified atom stereocenters. The van der Waals surface area contributed by atoms with Gasteiger partial charge in [-0.2, -0.15) is 4.39 Å². The van der Waals surface area contributed by atoms with E-state index in [2.05, 4.69) is 35.8 Å². The first kappa shape index (κ1) is 48.5. The van der Waals surface area contributed by atoms with Crippen LogP contribution in [0.2, 0.25) is 10.0 Å². The number of aliphatic carboxylic acids is 2. The molecular weight excluding hydrogens is 1020 g/mol. The summed E-state index contributed by atoms with van der Waals surface area (Å²) in [6.45, 7) is -0.0478. The van der Waals surface area contributed by atoms with Crippen molar-refractivity contribution in [3.63, 3.8) is 0 Å². The van der Waals surface area contributed by atoms with Crippen LogP contribution in [0, 0.1) is 37.1 Å². The second kappa shape index (κ2) is 25.6. The van der Waals surface area contributed by atoms with Crippen molar-refractivity contribution >= 4 is 49.3 Å². The molecule has 4 aromatic carbocycles. The Kier molecular flexibility index (Phi) is 21.0. The van der Waals surface area contributed by atoms with Gasteiger partial charge in [0.1, 0.15) is 23.9 Å². The summed E-state index contributed by atoms with van der Waals surface area (Å²) in [5.74, 6) is 0.0179. The molecular formula is C44H44BCl2FN4O6U. The number of carbonyl (C=O) groups is 2. The minimum Gasteiger partial charge on any atom is -0.496 e. The molecule has 10 nitrogen and oxygen atoms in total. The summed E-state index contributed by atoms with van der Waals surface area (Å²) in [4.78, 5) is 30.0. The molecule has 2 radical (unpaired) electrons. The van der Waals surface area contributed by atoms with E-state index < -0.39 is 17.9 Å². The standard InChI is InChI=1S/C22H21ClN2O3.C19H15ClFNO.C3H7NO2.BH.U/c1-25(14-22(26)27)21-9-7-16(13-24-21)10-15-6-8-20(28-2)19(11-15)17-4-3-5-18(23)12-17;1-23-18-7-5-13(9-14-6-8-19(21)22-12-14)10-17(18)15-3-2-4-16(20)11-15;1-4-2-3(5)6;;/h3-9,11-13H,10,14H2,1-2H3,(H,26,27);2-8,10-12H,9H2,1H3;4H,2H2,1H3,(H,5,6);1H;/i;;;1D;. The number of benzene rings is 4. The molecule has 6 rings (SSSR count). The quantitative estimate of drug-likeness (QED) is 0.0767. The molecule has 0 saturated carbocycles. The first-order valence-corrected chi connectivity index (χ1v) is 18.3. The van der Waals surface area contributed by atoms with Gasteiger partial charge in [-0.3, -0.25) is 9.59 Å². The van der Waals surface area contributed by atoms with E-state index in [0.29, 0.717) is 28.7 Å². The monoisotopic (exact) mass is 1060 g/mol. The molecule has 15 heteroatoms. The summed E-state index contributed by atoms with van der Waals surface area (Å²) in [5, 5.41) is 20.6. The molecule has 0 saturated heterocycles. The second-order valence-electron chi connectivity index (χ2n) is 12.6. The number of anilines is 1. The Morgan fingerprint density at radius 1 is 0.729 bits per heavy atom. The first-order chi connectivity index (χ1) is 28.4. The molecule has 59 heavy (non-hydrogen) atoms. The van der Waals surface area contributed by atoms with Crippen LogP contribution in [0.5, 0.6) is 11.5 Å². The van der Waals surface area contributed by atoms with E-state index in [9.17, 15) is 14.0 Å². The average molecular weight is 1060 g/mol. The molecule has 0 aliphatic rings. The number of aromatic nitrogens is 2. The maximum Gasteiger partial charge on any atom is 0.323 e. The molecule has 304 valence electrons. The van der Waals surface area contributed by atoms with Crippen molar-refractivity contribution in [1.29, 1.82) is 1.34 Å².